The summed E-state index contributed by atoms with van der Waals surface area (Å²) in [6, 6.07) is 0.189. The highest BCUT2D eigenvalue weighted by Crippen LogP contribution is 2.17. The maximum atomic E-state index is 11.7. The summed E-state index contributed by atoms with van der Waals surface area (Å²) in [4.78, 5) is 14.8. The third kappa shape index (κ3) is 4.24. The maximum Gasteiger partial charge on any atom is 0.321 e. The molecule has 0 spiro atoms. The van der Waals surface area contributed by atoms with Crippen LogP contribution in [0.4, 0.5) is 5.95 Å². The molecule has 124 valence electrons. The Morgan fingerprint density at radius 2 is 1.86 bits per heavy atom. The second kappa shape index (κ2) is 7.16. The standard InChI is InChI=1S/C12H22N6O3S/c1-17(2)22(19,20)13-9-10-14-11(16-12(15-10)21-3)18-7-5-4-6-8-18/h13H,4-9H2,1-3H3. The SMILES string of the molecule is COc1nc(CNS(=O)(=O)N(C)C)nc(N2CCCCC2)n1. The van der Waals surface area contributed by atoms with Crippen LogP contribution in [0.15, 0.2) is 0 Å². The quantitative estimate of drug-likeness (QED) is 0.768. The van der Waals surface area contributed by atoms with Crippen molar-refractivity contribution in [2.24, 2.45) is 0 Å². The fourth-order valence-electron chi connectivity index (χ4n) is 2.08. The van der Waals surface area contributed by atoms with Gasteiger partial charge in [-0.25, -0.2) is 0 Å². The summed E-state index contributed by atoms with van der Waals surface area (Å²) in [6.07, 6.45) is 3.39. The van der Waals surface area contributed by atoms with E-state index in [1.54, 1.807) is 0 Å². The number of nitrogens with zero attached hydrogens (tertiary/aromatic N) is 5. The summed E-state index contributed by atoms with van der Waals surface area (Å²) in [7, 11) is 0.858. The van der Waals surface area contributed by atoms with Gasteiger partial charge in [-0.05, 0) is 19.3 Å². The fourth-order valence-corrected chi connectivity index (χ4v) is 2.65. The number of nitrogens with one attached hydrogen (secondary N) is 1. The summed E-state index contributed by atoms with van der Waals surface area (Å²) >= 11 is 0. The van der Waals surface area contributed by atoms with Crippen LogP contribution in [0.2, 0.25) is 0 Å². The molecule has 22 heavy (non-hydrogen) atoms. The van der Waals surface area contributed by atoms with Crippen LogP contribution in [-0.4, -0.2) is 62.0 Å². The smallest absolute Gasteiger partial charge is 0.321 e. The predicted octanol–water partition coefficient (Wildman–Crippen LogP) is -0.233. The lowest BCUT2D eigenvalue weighted by Crippen LogP contribution is -2.36. The Morgan fingerprint density at radius 1 is 1.18 bits per heavy atom. The van der Waals surface area contributed by atoms with E-state index in [0.717, 1.165) is 30.2 Å². The molecule has 2 rings (SSSR count). The minimum atomic E-state index is -3.53. The van der Waals surface area contributed by atoms with Gasteiger partial charge < -0.3 is 9.64 Å². The molecule has 0 atom stereocenters. The molecule has 0 aliphatic carbocycles. The molecule has 0 saturated carbocycles. The fraction of sp³-hybridized carbons (Fsp3) is 0.750. The Hall–Kier alpha value is -1.52. The first-order valence-electron chi connectivity index (χ1n) is 7.13. The van der Waals surface area contributed by atoms with Gasteiger partial charge in [0.25, 0.3) is 10.2 Å². The van der Waals surface area contributed by atoms with Crippen molar-refractivity contribution in [3.8, 4) is 6.01 Å². The third-order valence-corrected chi connectivity index (χ3v) is 4.83. The molecule has 1 aliphatic heterocycles. The van der Waals surface area contributed by atoms with Gasteiger partial charge in [-0.3, -0.25) is 0 Å². The van der Waals surface area contributed by atoms with Crippen LogP contribution in [0.5, 0.6) is 6.01 Å². The molecule has 0 radical (unpaired) electrons. The molecule has 10 heteroatoms. The topological polar surface area (TPSA) is 101 Å². The first-order valence-corrected chi connectivity index (χ1v) is 8.57. The van der Waals surface area contributed by atoms with Gasteiger partial charge in [0, 0.05) is 27.2 Å². The van der Waals surface area contributed by atoms with Gasteiger partial charge >= 0.3 is 6.01 Å². The van der Waals surface area contributed by atoms with E-state index in [2.05, 4.69) is 24.6 Å². The molecule has 1 fully saturated rings. The number of aromatic nitrogens is 3. The Labute approximate surface area is 130 Å². The number of rotatable bonds is 6. The number of hydrogen-bond acceptors (Lipinski definition) is 7. The summed E-state index contributed by atoms with van der Waals surface area (Å²) in [6.45, 7) is 1.76. The van der Waals surface area contributed by atoms with E-state index in [4.69, 9.17) is 4.74 Å². The Morgan fingerprint density at radius 3 is 2.45 bits per heavy atom. The highest BCUT2D eigenvalue weighted by atomic mass is 32.2. The summed E-state index contributed by atoms with van der Waals surface area (Å²) in [5.74, 6) is 0.864. The van der Waals surface area contributed by atoms with Gasteiger partial charge in [0.15, 0.2) is 5.82 Å². The Kier molecular flexibility index (Phi) is 5.48. The number of piperidine rings is 1. The van der Waals surface area contributed by atoms with Crippen LogP contribution in [-0.2, 0) is 16.8 Å². The zero-order valence-corrected chi connectivity index (χ0v) is 13.9. The molecular formula is C12H22N6O3S. The van der Waals surface area contributed by atoms with Crippen molar-refractivity contribution in [3.05, 3.63) is 5.82 Å². The summed E-state index contributed by atoms with van der Waals surface area (Å²) < 4.78 is 32.1. The zero-order valence-electron chi connectivity index (χ0n) is 13.1. The van der Waals surface area contributed by atoms with Crippen LogP contribution in [0.3, 0.4) is 0 Å². The molecule has 1 saturated heterocycles. The van der Waals surface area contributed by atoms with Crippen LogP contribution in [0, 0.1) is 0 Å². The average Bonchev–Trinajstić information content (AvgIpc) is 2.53. The molecule has 2 heterocycles. The lowest BCUT2D eigenvalue weighted by atomic mass is 10.1. The van der Waals surface area contributed by atoms with E-state index in [1.165, 1.54) is 27.6 Å². The first kappa shape index (κ1) is 16.8. The summed E-state index contributed by atoms with van der Waals surface area (Å²) in [5, 5.41) is 0. The van der Waals surface area contributed by atoms with Gasteiger partial charge in [-0.2, -0.15) is 32.4 Å². The summed E-state index contributed by atoms with van der Waals surface area (Å²) in [5.41, 5.74) is 0. The van der Waals surface area contributed by atoms with Gasteiger partial charge in [0.1, 0.15) is 0 Å². The van der Waals surface area contributed by atoms with Gasteiger partial charge in [0.2, 0.25) is 5.95 Å². The van der Waals surface area contributed by atoms with Crippen molar-refractivity contribution in [1.82, 2.24) is 24.0 Å². The molecule has 0 unspecified atom stereocenters. The minimum Gasteiger partial charge on any atom is -0.467 e. The van der Waals surface area contributed by atoms with E-state index in [0.29, 0.717) is 11.8 Å². The third-order valence-electron chi connectivity index (χ3n) is 3.36. The number of anilines is 1. The predicted molar refractivity (Wildman–Crippen MR) is 81.9 cm³/mol. The van der Waals surface area contributed by atoms with Crippen molar-refractivity contribution in [3.63, 3.8) is 0 Å². The first-order chi connectivity index (χ1) is 10.4. The number of ether oxygens (including phenoxy) is 1. The van der Waals surface area contributed by atoms with E-state index in [-0.39, 0.29) is 12.6 Å². The van der Waals surface area contributed by atoms with Crippen LogP contribution >= 0.6 is 0 Å². The van der Waals surface area contributed by atoms with Crippen molar-refractivity contribution < 1.29 is 13.2 Å². The van der Waals surface area contributed by atoms with E-state index in [9.17, 15) is 8.42 Å². The van der Waals surface area contributed by atoms with Crippen molar-refractivity contribution in [2.75, 3.05) is 39.2 Å². The van der Waals surface area contributed by atoms with Gasteiger partial charge in [0.05, 0.1) is 13.7 Å². The second-order valence-corrected chi connectivity index (χ2v) is 7.16. The number of hydrogen-bond donors (Lipinski definition) is 1. The molecule has 9 nitrogen and oxygen atoms in total. The van der Waals surface area contributed by atoms with E-state index in [1.807, 2.05) is 0 Å². The molecule has 1 aliphatic rings. The van der Waals surface area contributed by atoms with Crippen LogP contribution in [0.25, 0.3) is 0 Å². The van der Waals surface area contributed by atoms with Crippen molar-refractivity contribution in [2.45, 2.75) is 25.8 Å². The molecule has 1 aromatic rings. The zero-order chi connectivity index (χ0) is 16.2. The highest BCUT2D eigenvalue weighted by molar-refractivity contribution is 7.87. The van der Waals surface area contributed by atoms with Crippen molar-refractivity contribution in [1.29, 1.82) is 0 Å². The molecule has 1 N–H and O–H groups in total. The Balaban J connectivity index is 2.16. The minimum absolute atomic E-state index is 0.0137. The van der Waals surface area contributed by atoms with Gasteiger partial charge in [-0.15, -0.1) is 0 Å². The second-order valence-electron chi connectivity index (χ2n) is 5.19. The molecule has 0 amide bonds. The normalized spacial score (nSPS) is 16.1. The highest BCUT2D eigenvalue weighted by Gasteiger charge is 2.18. The van der Waals surface area contributed by atoms with Crippen LogP contribution in [0.1, 0.15) is 25.1 Å². The van der Waals surface area contributed by atoms with E-state index < -0.39 is 10.2 Å². The average molecular weight is 330 g/mol. The Bertz CT molecular complexity index is 601. The lowest BCUT2D eigenvalue weighted by molar-refractivity contribution is 0.374. The molecule has 1 aromatic heterocycles. The lowest BCUT2D eigenvalue weighted by Gasteiger charge is -2.26. The monoisotopic (exact) mass is 330 g/mol. The van der Waals surface area contributed by atoms with E-state index >= 15 is 0 Å². The largest absolute Gasteiger partial charge is 0.467 e. The van der Waals surface area contributed by atoms with Gasteiger partial charge in [-0.1, -0.05) is 0 Å². The number of methoxy groups -OCH3 is 1. The molecule has 0 bridgehead atoms. The maximum absolute atomic E-state index is 11.7. The molecule has 0 aromatic carbocycles. The van der Waals surface area contributed by atoms with Crippen LogP contribution < -0.4 is 14.4 Å². The van der Waals surface area contributed by atoms with Crippen molar-refractivity contribution >= 4 is 16.2 Å². The molecular weight excluding hydrogens is 308 g/mol.